The number of hydrogen-bond acceptors (Lipinski definition) is 6. The molecule has 1 atom stereocenters. The number of rotatable bonds is 9. The van der Waals surface area contributed by atoms with Gasteiger partial charge >= 0.3 is 6.03 Å². The molecule has 2 aromatic carbocycles. The number of imide groups is 1. The number of amides is 3. The minimum absolute atomic E-state index is 0.189. The molecule has 0 bridgehead atoms. The van der Waals surface area contributed by atoms with Crippen LogP contribution >= 0.6 is 11.6 Å². The fourth-order valence-corrected chi connectivity index (χ4v) is 4.79. The van der Waals surface area contributed by atoms with E-state index in [1.54, 1.807) is 19.9 Å². The molecule has 2 aliphatic heterocycles. The molecular weight excluding hydrogens is 482 g/mol. The van der Waals surface area contributed by atoms with Crippen LogP contribution in [-0.2, 0) is 11.3 Å². The van der Waals surface area contributed by atoms with Crippen LogP contribution in [0.15, 0.2) is 42.5 Å². The number of nitrogens with zero attached hydrogens (tertiary/aromatic N) is 2. The van der Waals surface area contributed by atoms with Crippen molar-refractivity contribution in [2.75, 3.05) is 32.8 Å². The fourth-order valence-electron chi connectivity index (χ4n) is 4.62. The number of likely N-dealkylation sites (tertiary alicyclic amines) is 1. The largest absolute Gasteiger partial charge is 0.492 e. The van der Waals surface area contributed by atoms with Gasteiger partial charge in [0.2, 0.25) is 0 Å². The average Bonchev–Trinajstić information content (AvgIpc) is 3.02. The van der Waals surface area contributed by atoms with Gasteiger partial charge in [-0.2, -0.15) is 0 Å². The minimum atomic E-state index is -0.942. The molecule has 2 aliphatic rings. The maximum atomic E-state index is 12.3. The highest BCUT2D eigenvalue weighted by Crippen LogP contribution is 2.29. The van der Waals surface area contributed by atoms with Crippen molar-refractivity contribution in [2.45, 2.75) is 51.3 Å². The highest BCUT2D eigenvalue weighted by Gasteiger charge is 2.44. The van der Waals surface area contributed by atoms with Crippen molar-refractivity contribution in [1.82, 2.24) is 15.1 Å². The topological polar surface area (TPSA) is 91.3 Å². The molecule has 0 radical (unpaired) electrons. The van der Waals surface area contributed by atoms with Crippen molar-refractivity contribution >= 4 is 23.5 Å². The van der Waals surface area contributed by atoms with Gasteiger partial charge in [0.1, 0.15) is 35.9 Å². The number of hydrogen-bond donors (Lipinski definition) is 2. The van der Waals surface area contributed by atoms with Crippen LogP contribution in [0.4, 0.5) is 4.79 Å². The van der Waals surface area contributed by atoms with Gasteiger partial charge in [0.05, 0.1) is 11.6 Å². The van der Waals surface area contributed by atoms with Crippen LogP contribution in [0.25, 0.3) is 0 Å². The van der Waals surface area contributed by atoms with Gasteiger partial charge in [-0.15, -0.1) is 0 Å². The maximum absolute atomic E-state index is 12.3. The quantitative estimate of drug-likeness (QED) is 0.494. The summed E-state index contributed by atoms with van der Waals surface area (Å²) in [6.45, 7) is 8.05. The Morgan fingerprint density at radius 2 is 1.86 bits per heavy atom. The standard InChI is InChI=1S/C27H34ClN3O5/c1-19-5-10-22(28)23(15-19)36-18-27(34)11-4-12-30(17-27)16-20-6-8-21(9-7-20)35-14-13-31-24(32)26(2,3)29-25(31)33/h5-10,15,34H,4,11-14,16-18H2,1-3H3,(H,29,33). The Balaban J connectivity index is 1.25. The van der Waals surface area contributed by atoms with Crippen LogP contribution in [0.1, 0.15) is 37.8 Å². The Morgan fingerprint density at radius 1 is 1.11 bits per heavy atom. The molecule has 2 saturated heterocycles. The number of aryl methyl sites for hydroxylation is 1. The van der Waals surface area contributed by atoms with Crippen molar-refractivity contribution in [1.29, 1.82) is 0 Å². The molecule has 0 spiro atoms. The summed E-state index contributed by atoms with van der Waals surface area (Å²) in [5.41, 5.74) is 0.338. The zero-order chi connectivity index (χ0) is 25.9. The lowest BCUT2D eigenvalue weighted by Crippen LogP contribution is -2.51. The lowest BCUT2D eigenvalue weighted by molar-refractivity contribution is -0.130. The van der Waals surface area contributed by atoms with Gasteiger partial charge in [-0.25, -0.2) is 4.79 Å². The van der Waals surface area contributed by atoms with Crippen LogP contribution in [0.3, 0.4) is 0 Å². The third-order valence-corrected chi connectivity index (χ3v) is 6.89. The van der Waals surface area contributed by atoms with Gasteiger partial charge < -0.3 is 19.9 Å². The fraction of sp³-hybridized carbons (Fsp3) is 0.481. The molecular formula is C27H34ClN3O5. The van der Waals surface area contributed by atoms with Crippen LogP contribution in [-0.4, -0.2) is 70.8 Å². The second kappa shape index (κ2) is 10.7. The Labute approximate surface area is 217 Å². The van der Waals surface area contributed by atoms with Crippen molar-refractivity contribution in [2.24, 2.45) is 0 Å². The van der Waals surface area contributed by atoms with E-state index in [1.165, 1.54) is 4.90 Å². The lowest BCUT2D eigenvalue weighted by Gasteiger charge is -2.39. The number of nitrogens with one attached hydrogen (secondary N) is 1. The Hall–Kier alpha value is -2.81. The third-order valence-electron chi connectivity index (χ3n) is 6.58. The molecule has 2 aromatic rings. The molecule has 0 aromatic heterocycles. The smallest absolute Gasteiger partial charge is 0.325 e. The number of halogens is 1. The summed E-state index contributed by atoms with van der Waals surface area (Å²) in [7, 11) is 0. The maximum Gasteiger partial charge on any atom is 0.325 e. The van der Waals surface area contributed by atoms with Crippen molar-refractivity contribution in [3.63, 3.8) is 0 Å². The first kappa shape index (κ1) is 26.3. The summed E-state index contributed by atoms with van der Waals surface area (Å²) in [4.78, 5) is 27.6. The van der Waals surface area contributed by atoms with Crippen molar-refractivity contribution in [3.8, 4) is 11.5 Å². The second-order valence-electron chi connectivity index (χ2n) is 10.3. The number of ether oxygens (including phenoxy) is 2. The first-order valence-electron chi connectivity index (χ1n) is 12.2. The summed E-state index contributed by atoms with van der Waals surface area (Å²) in [5.74, 6) is 1.01. The lowest BCUT2D eigenvalue weighted by atomic mass is 9.93. The average molecular weight is 516 g/mol. The molecule has 3 amide bonds. The first-order chi connectivity index (χ1) is 17.0. The van der Waals surface area contributed by atoms with E-state index >= 15 is 0 Å². The third kappa shape index (κ3) is 6.30. The van der Waals surface area contributed by atoms with Gasteiger partial charge in [-0.3, -0.25) is 14.6 Å². The zero-order valence-corrected chi connectivity index (χ0v) is 21.8. The molecule has 36 heavy (non-hydrogen) atoms. The Kier molecular flexibility index (Phi) is 7.78. The van der Waals surface area contributed by atoms with E-state index in [-0.39, 0.29) is 25.7 Å². The monoisotopic (exact) mass is 515 g/mol. The van der Waals surface area contributed by atoms with E-state index < -0.39 is 17.2 Å². The molecule has 2 heterocycles. The number of β-amino-alcohol motifs (C(OH)–C–C–N with tert-alkyl or cyclic N) is 1. The molecule has 8 nitrogen and oxygen atoms in total. The Morgan fingerprint density at radius 3 is 2.56 bits per heavy atom. The number of carbonyl (C=O) groups is 2. The van der Waals surface area contributed by atoms with Crippen LogP contribution < -0.4 is 14.8 Å². The second-order valence-corrected chi connectivity index (χ2v) is 10.7. The minimum Gasteiger partial charge on any atom is -0.492 e. The number of urea groups is 1. The summed E-state index contributed by atoms with van der Waals surface area (Å²) < 4.78 is 11.6. The van der Waals surface area contributed by atoms with E-state index in [0.29, 0.717) is 36.0 Å². The molecule has 4 rings (SSSR count). The predicted molar refractivity (Wildman–Crippen MR) is 137 cm³/mol. The Bertz CT molecular complexity index is 1110. The van der Waals surface area contributed by atoms with Gasteiger partial charge in [0, 0.05) is 13.1 Å². The summed E-state index contributed by atoms with van der Waals surface area (Å²) in [6.07, 6.45) is 1.55. The van der Waals surface area contributed by atoms with E-state index in [1.807, 2.05) is 43.3 Å². The summed E-state index contributed by atoms with van der Waals surface area (Å²) in [6, 6.07) is 13.0. The normalized spacial score (nSPS) is 22.0. The number of carbonyl (C=O) groups excluding carboxylic acids is 2. The van der Waals surface area contributed by atoms with Gasteiger partial charge in [-0.1, -0.05) is 29.8 Å². The zero-order valence-electron chi connectivity index (χ0n) is 21.1. The van der Waals surface area contributed by atoms with Crippen molar-refractivity contribution < 1.29 is 24.2 Å². The van der Waals surface area contributed by atoms with Gasteiger partial charge in [0.15, 0.2) is 0 Å². The van der Waals surface area contributed by atoms with E-state index in [0.717, 1.165) is 24.1 Å². The molecule has 0 aliphatic carbocycles. The highest BCUT2D eigenvalue weighted by atomic mass is 35.5. The highest BCUT2D eigenvalue weighted by molar-refractivity contribution is 6.32. The van der Waals surface area contributed by atoms with Gasteiger partial charge in [0.25, 0.3) is 5.91 Å². The molecule has 2 N–H and O–H groups in total. The van der Waals surface area contributed by atoms with Crippen LogP contribution in [0, 0.1) is 6.92 Å². The molecule has 1 unspecified atom stereocenters. The summed E-state index contributed by atoms with van der Waals surface area (Å²) >= 11 is 6.23. The summed E-state index contributed by atoms with van der Waals surface area (Å²) in [5, 5.41) is 14.4. The van der Waals surface area contributed by atoms with E-state index in [9.17, 15) is 14.7 Å². The van der Waals surface area contributed by atoms with E-state index in [4.69, 9.17) is 21.1 Å². The molecule has 194 valence electrons. The van der Waals surface area contributed by atoms with Crippen LogP contribution in [0.2, 0.25) is 5.02 Å². The number of piperidine rings is 1. The van der Waals surface area contributed by atoms with Crippen molar-refractivity contribution in [3.05, 3.63) is 58.6 Å². The number of benzene rings is 2. The van der Waals surface area contributed by atoms with E-state index in [2.05, 4.69) is 10.2 Å². The predicted octanol–water partition coefficient (Wildman–Crippen LogP) is 3.76. The SMILES string of the molecule is Cc1ccc(Cl)c(OCC2(O)CCCN(Cc3ccc(OCCN4C(=O)NC(C)(C)C4=O)cc3)C2)c1. The number of aliphatic hydroxyl groups is 1. The first-order valence-corrected chi connectivity index (χ1v) is 12.6. The molecule has 2 fully saturated rings. The van der Waals surface area contributed by atoms with Gasteiger partial charge in [-0.05, 0) is 75.5 Å². The molecule has 0 saturated carbocycles. The molecule has 9 heteroatoms. The van der Waals surface area contributed by atoms with Crippen LogP contribution in [0.5, 0.6) is 11.5 Å².